The van der Waals surface area contributed by atoms with Crippen molar-refractivity contribution in [3.63, 3.8) is 0 Å². The van der Waals surface area contributed by atoms with Crippen molar-refractivity contribution in [2.45, 2.75) is 43.9 Å². The molecule has 212 valence electrons. The summed E-state index contributed by atoms with van der Waals surface area (Å²) in [5, 5.41) is 7.18. The molecule has 1 unspecified atom stereocenters. The van der Waals surface area contributed by atoms with E-state index in [9.17, 15) is 0 Å². The molecule has 5 rings (SSSR count). The summed E-state index contributed by atoms with van der Waals surface area (Å²) in [5.41, 5.74) is 10.7. The second-order valence-corrected chi connectivity index (χ2v) is 10.6. The molecule has 40 heavy (non-hydrogen) atoms. The quantitative estimate of drug-likeness (QED) is 0.340. The van der Waals surface area contributed by atoms with E-state index in [4.69, 9.17) is 24.9 Å². The van der Waals surface area contributed by atoms with Crippen molar-refractivity contribution in [1.82, 2.24) is 10.2 Å². The van der Waals surface area contributed by atoms with Gasteiger partial charge in [0.05, 0.1) is 26.5 Å². The van der Waals surface area contributed by atoms with Gasteiger partial charge in [0.25, 0.3) is 0 Å². The van der Waals surface area contributed by atoms with E-state index in [-0.39, 0.29) is 5.41 Å². The summed E-state index contributed by atoms with van der Waals surface area (Å²) in [6.07, 6.45) is 2.72. The van der Waals surface area contributed by atoms with Gasteiger partial charge in [-0.25, -0.2) is 4.99 Å². The van der Waals surface area contributed by atoms with Gasteiger partial charge >= 0.3 is 0 Å². The number of ether oxygens (including phenoxy) is 3. The number of amidine groups is 1. The molecular formula is C32H41N5O3. The summed E-state index contributed by atoms with van der Waals surface area (Å²) in [6.45, 7) is 5.50. The summed E-state index contributed by atoms with van der Waals surface area (Å²) >= 11 is 0. The first-order valence-corrected chi connectivity index (χ1v) is 14.0. The first-order chi connectivity index (χ1) is 19.4. The van der Waals surface area contributed by atoms with Crippen LogP contribution in [0.3, 0.4) is 0 Å². The van der Waals surface area contributed by atoms with E-state index < -0.39 is 5.79 Å². The zero-order valence-corrected chi connectivity index (χ0v) is 24.0. The fraction of sp³-hybridized carbons (Fsp3) is 0.406. The number of likely N-dealkylation sites (tertiary alicyclic amines) is 1. The number of hydrogen-bond acceptors (Lipinski definition) is 8. The van der Waals surface area contributed by atoms with Gasteiger partial charge in [-0.2, -0.15) is 0 Å². The van der Waals surface area contributed by atoms with E-state index in [2.05, 4.69) is 64.1 Å². The molecule has 1 atom stereocenters. The molecule has 8 nitrogen and oxygen atoms in total. The molecule has 3 aromatic carbocycles. The van der Waals surface area contributed by atoms with E-state index in [1.807, 2.05) is 32.2 Å². The Balaban J connectivity index is 1.43. The number of methoxy groups -OCH3 is 2. The number of fused-ring (bicyclic) bond motifs is 1. The lowest BCUT2D eigenvalue weighted by atomic mass is 9.68. The summed E-state index contributed by atoms with van der Waals surface area (Å²) < 4.78 is 17.0. The molecule has 0 spiro atoms. The van der Waals surface area contributed by atoms with Gasteiger partial charge in [-0.1, -0.05) is 48.5 Å². The average Bonchev–Trinajstić information content (AvgIpc) is 2.99. The first kappa shape index (κ1) is 27.8. The molecule has 0 bridgehead atoms. The van der Waals surface area contributed by atoms with E-state index >= 15 is 0 Å². The number of aliphatic imine (C=N–C) groups is 1. The molecule has 8 heteroatoms. The van der Waals surface area contributed by atoms with Crippen LogP contribution in [0.1, 0.15) is 42.9 Å². The zero-order chi connectivity index (χ0) is 28.2. The third-order valence-corrected chi connectivity index (χ3v) is 8.33. The van der Waals surface area contributed by atoms with Gasteiger partial charge in [0.2, 0.25) is 0 Å². The van der Waals surface area contributed by atoms with Crippen LogP contribution in [0.2, 0.25) is 0 Å². The topological polar surface area (TPSA) is 93.4 Å². The van der Waals surface area contributed by atoms with Crippen molar-refractivity contribution < 1.29 is 14.2 Å². The van der Waals surface area contributed by atoms with Gasteiger partial charge < -0.3 is 25.3 Å². The van der Waals surface area contributed by atoms with Crippen LogP contribution in [-0.4, -0.2) is 57.5 Å². The third kappa shape index (κ3) is 5.46. The molecule has 0 saturated carbocycles. The minimum atomic E-state index is -0.781. The molecule has 2 aliphatic heterocycles. The van der Waals surface area contributed by atoms with Crippen molar-refractivity contribution in [1.29, 1.82) is 0 Å². The summed E-state index contributed by atoms with van der Waals surface area (Å²) in [7, 11) is 5.20. The molecule has 4 N–H and O–H groups in total. The van der Waals surface area contributed by atoms with Crippen LogP contribution in [0.15, 0.2) is 71.7 Å². The molecule has 1 fully saturated rings. The molecule has 0 aromatic heterocycles. The Labute approximate surface area is 237 Å². The van der Waals surface area contributed by atoms with Gasteiger partial charge in [-0.3, -0.25) is 10.2 Å². The highest BCUT2D eigenvalue weighted by Gasteiger charge is 2.45. The minimum Gasteiger partial charge on any atom is -0.494 e. The van der Waals surface area contributed by atoms with Crippen molar-refractivity contribution in [2.75, 3.05) is 46.3 Å². The molecule has 2 heterocycles. The van der Waals surface area contributed by atoms with Crippen LogP contribution in [-0.2, 0) is 12.0 Å². The molecule has 2 aliphatic rings. The molecule has 1 saturated heterocycles. The monoisotopic (exact) mass is 543 g/mol. The maximum absolute atomic E-state index is 6.60. The van der Waals surface area contributed by atoms with E-state index in [0.717, 1.165) is 55.9 Å². The third-order valence-electron chi connectivity index (χ3n) is 8.33. The lowest BCUT2D eigenvalue weighted by Gasteiger charge is -2.48. The molecule has 0 aliphatic carbocycles. The first-order valence-electron chi connectivity index (χ1n) is 14.0. The van der Waals surface area contributed by atoms with E-state index in [0.29, 0.717) is 23.9 Å². The van der Waals surface area contributed by atoms with Crippen molar-refractivity contribution in [3.8, 4) is 17.2 Å². The molecular weight excluding hydrogens is 502 g/mol. The second kappa shape index (κ2) is 11.8. The number of nitrogens with zero attached hydrogens (tertiary/aromatic N) is 2. The summed E-state index contributed by atoms with van der Waals surface area (Å²) in [5.74, 6) is 1.93. The van der Waals surface area contributed by atoms with Gasteiger partial charge in [0.1, 0.15) is 11.6 Å². The maximum atomic E-state index is 6.60. The number of hydrogen-bond donors (Lipinski definition) is 3. The smallest absolute Gasteiger partial charge is 0.187 e. The minimum absolute atomic E-state index is 0.106. The van der Waals surface area contributed by atoms with E-state index in [1.165, 1.54) is 11.1 Å². The summed E-state index contributed by atoms with van der Waals surface area (Å²) in [6, 6.07) is 23.0. The number of nitrogens with two attached hydrogens (primary N) is 1. The zero-order valence-electron chi connectivity index (χ0n) is 24.0. The number of piperidine rings is 1. The Morgan fingerprint density at radius 2 is 1.62 bits per heavy atom. The lowest BCUT2D eigenvalue weighted by Crippen LogP contribution is -2.57. The predicted octanol–water partition coefficient (Wildman–Crippen LogP) is 4.73. The van der Waals surface area contributed by atoms with Crippen LogP contribution in [0.4, 0.5) is 5.69 Å². The SMILES string of the molecule is CCOc1ccccc1CN1CCC(CC2(NC)N=C(N)c3cc(OC)c(OC)cc3N2)(c2ccccc2)CC1. The number of rotatable bonds is 10. The van der Waals surface area contributed by atoms with Crippen molar-refractivity contribution in [3.05, 3.63) is 83.4 Å². The van der Waals surface area contributed by atoms with Crippen LogP contribution in [0, 0.1) is 0 Å². The Morgan fingerprint density at radius 3 is 2.30 bits per heavy atom. The van der Waals surface area contributed by atoms with Crippen LogP contribution in [0.5, 0.6) is 17.2 Å². The van der Waals surface area contributed by atoms with Gasteiger partial charge in [-0.05, 0) is 57.6 Å². The fourth-order valence-electron chi connectivity index (χ4n) is 6.16. The number of nitrogens with one attached hydrogen (secondary N) is 2. The number of para-hydroxylation sites is 1. The summed E-state index contributed by atoms with van der Waals surface area (Å²) in [4.78, 5) is 7.56. The second-order valence-electron chi connectivity index (χ2n) is 10.6. The van der Waals surface area contributed by atoms with Crippen LogP contribution in [0.25, 0.3) is 0 Å². The van der Waals surface area contributed by atoms with Crippen molar-refractivity contribution >= 4 is 11.5 Å². The van der Waals surface area contributed by atoms with Crippen LogP contribution < -0.4 is 30.6 Å². The standard InChI is InChI=1S/C32H41N5O3/c1-5-40-27-14-10-9-11-23(27)21-37-17-15-31(16-18-37,24-12-7-6-8-13-24)22-32(34-2)35-26-20-29(39-4)28(38-3)19-25(26)30(33)36-32/h6-14,19-20,34-35H,5,15-18,21-22H2,1-4H3,(H2,33,36). The largest absolute Gasteiger partial charge is 0.494 e. The van der Waals surface area contributed by atoms with E-state index in [1.54, 1.807) is 14.2 Å². The van der Waals surface area contributed by atoms with Gasteiger partial charge in [-0.15, -0.1) is 0 Å². The van der Waals surface area contributed by atoms with Gasteiger partial charge in [0, 0.05) is 35.6 Å². The maximum Gasteiger partial charge on any atom is 0.187 e. The highest BCUT2D eigenvalue weighted by Crippen LogP contribution is 2.45. The Kier molecular flexibility index (Phi) is 8.19. The Hall–Kier alpha value is -3.75. The number of anilines is 1. The Morgan fingerprint density at radius 1 is 0.950 bits per heavy atom. The normalized spacial score (nSPS) is 20.1. The highest BCUT2D eigenvalue weighted by atomic mass is 16.5. The van der Waals surface area contributed by atoms with Gasteiger partial charge in [0.15, 0.2) is 17.3 Å². The Bertz CT molecular complexity index is 1340. The average molecular weight is 544 g/mol. The number of benzene rings is 3. The molecule has 3 aromatic rings. The molecule has 0 amide bonds. The van der Waals surface area contributed by atoms with Crippen molar-refractivity contribution in [2.24, 2.45) is 10.7 Å². The highest BCUT2D eigenvalue weighted by molar-refractivity contribution is 6.05. The molecule has 0 radical (unpaired) electrons. The fourth-order valence-corrected chi connectivity index (χ4v) is 6.16. The lowest BCUT2D eigenvalue weighted by molar-refractivity contribution is 0.123. The predicted molar refractivity (Wildman–Crippen MR) is 161 cm³/mol. The van der Waals surface area contributed by atoms with Crippen LogP contribution >= 0.6 is 0 Å².